The Balaban J connectivity index is 1.74. The Hall–Kier alpha value is -4.16. The second kappa shape index (κ2) is 9.84. The quantitative estimate of drug-likeness (QED) is 0.376. The predicted molar refractivity (Wildman–Crippen MR) is 129 cm³/mol. The number of carbonyl (C=O) groups excluding carboxylic acids is 1. The molecule has 0 aliphatic heterocycles. The third-order valence-electron chi connectivity index (χ3n) is 5.35. The SMILES string of the molecule is CC(C)S(=O)(=O)c1ccc(-c2cnc(OC(N)=O)c(-c3cc(-c4ccc(CN)c(F)c4)no3)n2)cc1. The lowest BCUT2D eigenvalue weighted by Crippen LogP contribution is -2.17. The predicted octanol–water partition coefficient (Wildman–Crippen LogP) is 3.70. The zero-order chi connectivity index (χ0) is 26.0. The minimum absolute atomic E-state index is 0.0166. The van der Waals surface area contributed by atoms with Crippen molar-refractivity contribution in [3.8, 4) is 39.8 Å². The molecule has 0 aliphatic carbocycles. The van der Waals surface area contributed by atoms with Crippen molar-refractivity contribution in [3.05, 3.63) is 66.1 Å². The number of nitrogens with zero attached hydrogens (tertiary/aromatic N) is 3. The minimum Gasteiger partial charge on any atom is -0.389 e. The van der Waals surface area contributed by atoms with Crippen LogP contribution < -0.4 is 16.2 Å². The first-order chi connectivity index (χ1) is 17.1. The fourth-order valence-electron chi connectivity index (χ4n) is 3.33. The molecule has 12 heteroatoms. The molecular formula is C24H22FN5O5S. The molecule has 2 heterocycles. The van der Waals surface area contributed by atoms with Gasteiger partial charge in [0.15, 0.2) is 21.3 Å². The molecular weight excluding hydrogens is 489 g/mol. The van der Waals surface area contributed by atoms with Crippen molar-refractivity contribution in [3.63, 3.8) is 0 Å². The number of sulfone groups is 1. The lowest BCUT2D eigenvalue weighted by atomic mass is 10.1. The van der Waals surface area contributed by atoms with Crippen molar-refractivity contribution < 1.29 is 26.9 Å². The van der Waals surface area contributed by atoms with E-state index in [2.05, 4.69) is 15.1 Å². The van der Waals surface area contributed by atoms with Gasteiger partial charge in [0.2, 0.25) is 0 Å². The first kappa shape index (κ1) is 24.9. The standard InChI is InChI=1S/C24H22FN5O5S/c1-13(2)36(32,33)17-7-5-14(6-8-17)20-12-28-23(34-24(27)31)22(29-20)21-10-19(30-35-21)15-3-4-16(11-26)18(25)9-15/h3-10,12-13H,11,26H2,1-2H3,(H2,27,31). The number of amides is 1. The molecule has 0 saturated carbocycles. The Labute approximate surface area is 206 Å². The van der Waals surface area contributed by atoms with Crippen LogP contribution in [-0.4, -0.2) is 34.9 Å². The number of benzene rings is 2. The smallest absolute Gasteiger partial charge is 0.389 e. The van der Waals surface area contributed by atoms with Crippen molar-refractivity contribution in [1.29, 1.82) is 0 Å². The molecule has 0 radical (unpaired) electrons. The van der Waals surface area contributed by atoms with E-state index in [0.717, 1.165) is 0 Å². The first-order valence-electron chi connectivity index (χ1n) is 10.7. The largest absolute Gasteiger partial charge is 0.411 e. The Morgan fingerprint density at radius 3 is 2.39 bits per heavy atom. The van der Waals surface area contributed by atoms with Gasteiger partial charge >= 0.3 is 6.09 Å². The van der Waals surface area contributed by atoms with E-state index < -0.39 is 27.0 Å². The number of hydrogen-bond acceptors (Lipinski definition) is 9. The first-order valence-corrected chi connectivity index (χ1v) is 12.3. The van der Waals surface area contributed by atoms with Gasteiger partial charge < -0.3 is 20.7 Å². The molecule has 0 fully saturated rings. The summed E-state index contributed by atoms with van der Waals surface area (Å²) in [7, 11) is -3.44. The van der Waals surface area contributed by atoms with Gasteiger partial charge in [-0.2, -0.15) is 0 Å². The van der Waals surface area contributed by atoms with Crippen LogP contribution >= 0.6 is 0 Å². The third kappa shape index (κ3) is 4.95. The maximum Gasteiger partial charge on any atom is 0.411 e. The highest BCUT2D eigenvalue weighted by molar-refractivity contribution is 7.92. The lowest BCUT2D eigenvalue weighted by Gasteiger charge is -2.09. The van der Waals surface area contributed by atoms with Crippen LogP contribution in [0, 0.1) is 5.82 Å². The third-order valence-corrected chi connectivity index (χ3v) is 7.52. The molecule has 4 aromatic rings. The average molecular weight is 512 g/mol. The molecule has 36 heavy (non-hydrogen) atoms. The van der Waals surface area contributed by atoms with Gasteiger partial charge in [0.1, 0.15) is 11.5 Å². The summed E-state index contributed by atoms with van der Waals surface area (Å²) in [6.45, 7) is 3.26. The Morgan fingerprint density at radius 2 is 1.78 bits per heavy atom. The topological polar surface area (TPSA) is 164 Å². The monoisotopic (exact) mass is 511 g/mol. The van der Waals surface area contributed by atoms with Crippen LogP contribution in [0.3, 0.4) is 0 Å². The molecule has 4 rings (SSSR count). The molecule has 2 aromatic heterocycles. The number of rotatable bonds is 7. The van der Waals surface area contributed by atoms with E-state index in [4.69, 9.17) is 20.7 Å². The van der Waals surface area contributed by atoms with Crippen LogP contribution in [0.15, 0.2) is 64.1 Å². The number of halogens is 1. The van der Waals surface area contributed by atoms with Crippen molar-refractivity contribution >= 4 is 15.9 Å². The van der Waals surface area contributed by atoms with Gasteiger partial charge in [-0.05, 0) is 32.0 Å². The van der Waals surface area contributed by atoms with E-state index >= 15 is 0 Å². The zero-order valence-corrected chi connectivity index (χ0v) is 20.1. The maximum atomic E-state index is 14.2. The normalized spacial score (nSPS) is 11.6. The molecule has 10 nitrogen and oxygen atoms in total. The van der Waals surface area contributed by atoms with Gasteiger partial charge in [-0.1, -0.05) is 29.4 Å². The number of nitrogens with two attached hydrogens (primary N) is 2. The lowest BCUT2D eigenvalue weighted by molar-refractivity contribution is 0.209. The molecule has 0 atom stereocenters. The summed E-state index contributed by atoms with van der Waals surface area (Å²) in [4.78, 5) is 20.2. The Kier molecular flexibility index (Phi) is 6.82. The van der Waals surface area contributed by atoms with Crippen LogP contribution in [0.2, 0.25) is 0 Å². The van der Waals surface area contributed by atoms with Gasteiger partial charge in [-0.3, -0.25) is 0 Å². The number of ether oxygens (including phenoxy) is 1. The second-order valence-electron chi connectivity index (χ2n) is 8.03. The van der Waals surface area contributed by atoms with Gasteiger partial charge in [0.05, 0.1) is 22.0 Å². The fourth-order valence-corrected chi connectivity index (χ4v) is 4.39. The molecule has 0 unspecified atom stereocenters. The van der Waals surface area contributed by atoms with E-state index in [1.54, 1.807) is 38.1 Å². The molecule has 0 aliphatic rings. The van der Waals surface area contributed by atoms with E-state index in [-0.39, 0.29) is 28.8 Å². The average Bonchev–Trinajstić information content (AvgIpc) is 3.34. The second-order valence-corrected chi connectivity index (χ2v) is 10.5. The summed E-state index contributed by atoms with van der Waals surface area (Å²) < 4.78 is 49.4. The van der Waals surface area contributed by atoms with Crippen LogP contribution in [0.1, 0.15) is 19.4 Å². The molecule has 2 aromatic carbocycles. The van der Waals surface area contributed by atoms with E-state index in [0.29, 0.717) is 28.1 Å². The van der Waals surface area contributed by atoms with E-state index in [9.17, 15) is 17.6 Å². The Morgan fingerprint density at radius 1 is 1.08 bits per heavy atom. The molecule has 1 amide bonds. The zero-order valence-electron chi connectivity index (χ0n) is 19.3. The maximum absolute atomic E-state index is 14.2. The fraction of sp³-hybridized carbons (Fsp3) is 0.167. The molecule has 186 valence electrons. The number of hydrogen-bond donors (Lipinski definition) is 2. The van der Waals surface area contributed by atoms with Crippen LogP contribution in [0.5, 0.6) is 5.88 Å². The highest BCUT2D eigenvalue weighted by atomic mass is 32.2. The summed E-state index contributed by atoms with van der Waals surface area (Å²) in [6, 6.07) is 12.1. The molecule has 0 bridgehead atoms. The molecule has 0 saturated heterocycles. The van der Waals surface area contributed by atoms with Crippen molar-refractivity contribution in [2.24, 2.45) is 11.5 Å². The molecule has 0 spiro atoms. The Bertz CT molecular complexity index is 1530. The highest BCUT2D eigenvalue weighted by Gasteiger charge is 2.21. The van der Waals surface area contributed by atoms with Gasteiger partial charge in [0.25, 0.3) is 5.88 Å². The summed E-state index contributed by atoms with van der Waals surface area (Å²) in [5.74, 6) is -0.627. The highest BCUT2D eigenvalue weighted by Crippen LogP contribution is 2.33. The van der Waals surface area contributed by atoms with Gasteiger partial charge in [-0.25, -0.2) is 27.6 Å². The number of carbonyl (C=O) groups is 1. The van der Waals surface area contributed by atoms with E-state index in [1.165, 1.54) is 30.5 Å². The minimum atomic E-state index is -3.44. The number of aromatic nitrogens is 3. The van der Waals surface area contributed by atoms with Crippen molar-refractivity contribution in [2.75, 3.05) is 0 Å². The van der Waals surface area contributed by atoms with Gasteiger partial charge in [0, 0.05) is 29.3 Å². The van der Waals surface area contributed by atoms with Gasteiger partial charge in [-0.15, -0.1) is 0 Å². The summed E-state index contributed by atoms with van der Waals surface area (Å²) in [5.41, 5.74) is 12.7. The van der Waals surface area contributed by atoms with Crippen molar-refractivity contribution in [1.82, 2.24) is 15.1 Å². The van der Waals surface area contributed by atoms with Crippen molar-refractivity contribution in [2.45, 2.75) is 30.5 Å². The molecule has 4 N–H and O–H groups in total. The van der Waals surface area contributed by atoms with Crippen LogP contribution in [0.4, 0.5) is 9.18 Å². The van der Waals surface area contributed by atoms with E-state index in [1.807, 2.05) is 0 Å². The summed E-state index contributed by atoms with van der Waals surface area (Å²) in [5, 5.41) is 3.39. The number of primary amides is 1. The summed E-state index contributed by atoms with van der Waals surface area (Å²) in [6.07, 6.45) is 0.229. The summed E-state index contributed by atoms with van der Waals surface area (Å²) >= 11 is 0. The van der Waals surface area contributed by atoms with Crippen LogP contribution in [0.25, 0.3) is 34.0 Å². The van der Waals surface area contributed by atoms with Crippen LogP contribution in [-0.2, 0) is 16.4 Å².